The molecule has 0 radical (unpaired) electrons. The summed E-state index contributed by atoms with van der Waals surface area (Å²) in [6.45, 7) is 14.8. The molecule has 1 fully saturated rings. The van der Waals surface area contributed by atoms with Crippen LogP contribution in [0.25, 0.3) is 0 Å². The first-order chi connectivity index (χ1) is 10.7. The van der Waals surface area contributed by atoms with E-state index in [1.807, 2.05) is 25.7 Å². The second-order valence-corrected chi connectivity index (χ2v) is 7.85. The zero-order valence-corrected chi connectivity index (χ0v) is 16.0. The summed E-state index contributed by atoms with van der Waals surface area (Å²) in [5, 5.41) is 3.61. The lowest BCUT2D eigenvalue weighted by molar-refractivity contribution is 0.0249. The van der Waals surface area contributed by atoms with Gasteiger partial charge in [-0.2, -0.15) is 0 Å². The Balaban J connectivity index is 2.35. The molecule has 0 aromatic carbocycles. The van der Waals surface area contributed by atoms with Crippen LogP contribution in [0.5, 0.6) is 0 Å². The third-order valence-corrected chi connectivity index (χ3v) is 4.46. The monoisotopic (exact) mass is 327 g/mol. The topological polar surface area (TPSA) is 44.8 Å². The third-order valence-electron chi connectivity index (χ3n) is 4.46. The summed E-state index contributed by atoms with van der Waals surface area (Å²) in [6.07, 6.45) is 3.27. The second kappa shape index (κ2) is 9.48. The Morgan fingerprint density at radius 2 is 1.91 bits per heavy atom. The van der Waals surface area contributed by atoms with Crippen LogP contribution < -0.4 is 5.32 Å². The number of likely N-dealkylation sites (tertiary alicyclic amines) is 1. The van der Waals surface area contributed by atoms with Crippen LogP contribution >= 0.6 is 0 Å². The van der Waals surface area contributed by atoms with Gasteiger partial charge in [0.25, 0.3) is 0 Å². The van der Waals surface area contributed by atoms with Gasteiger partial charge in [-0.1, -0.05) is 6.92 Å². The Hall–Kier alpha value is -0.810. The van der Waals surface area contributed by atoms with E-state index < -0.39 is 5.60 Å². The van der Waals surface area contributed by atoms with Crippen molar-refractivity contribution in [3.05, 3.63) is 0 Å². The highest BCUT2D eigenvalue weighted by Crippen LogP contribution is 2.19. The van der Waals surface area contributed by atoms with Crippen molar-refractivity contribution in [3.63, 3.8) is 0 Å². The quantitative estimate of drug-likeness (QED) is 0.781. The van der Waals surface area contributed by atoms with Crippen LogP contribution in [0, 0.1) is 5.92 Å². The van der Waals surface area contributed by atoms with Gasteiger partial charge in [0.1, 0.15) is 5.60 Å². The highest BCUT2D eigenvalue weighted by Gasteiger charge is 2.23. The lowest BCUT2D eigenvalue weighted by Gasteiger charge is -2.33. The number of hydrogen-bond donors (Lipinski definition) is 1. The van der Waals surface area contributed by atoms with Crippen LogP contribution in [-0.2, 0) is 4.74 Å². The maximum Gasteiger partial charge on any atom is 0.410 e. The Labute approximate surface area is 142 Å². The first-order valence-corrected chi connectivity index (χ1v) is 9.12. The van der Waals surface area contributed by atoms with Crippen LogP contribution in [0.15, 0.2) is 0 Å². The summed E-state index contributed by atoms with van der Waals surface area (Å²) < 4.78 is 5.49. The molecule has 0 aromatic rings. The molecule has 5 nitrogen and oxygen atoms in total. The second-order valence-electron chi connectivity index (χ2n) is 7.85. The molecule has 5 heteroatoms. The van der Waals surface area contributed by atoms with Gasteiger partial charge in [0.2, 0.25) is 0 Å². The van der Waals surface area contributed by atoms with Gasteiger partial charge in [-0.05, 0) is 73.0 Å². The van der Waals surface area contributed by atoms with Crippen LogP contribution in [0.4, 0.5) is 4.79 Å². The molecular formula is C18H37N3O2. The van der Waals surface area contributed by atoms with E-state index in [1.165, 1.54) is 25.9 Å². The molecule has 1 atom stereocenters. The number of carbonyl (C=O) groups is 1. The van der Waals surface area contributed by atoms with Gasteiger partial charge in [0.15, 0.2) is 0 Å². The number of hydrogen-bond acceptors (Lipinski definition) is 4. The van der Waals surface area contributed by atoms with Crippen molar-refractivity contribution >= 4 is 6.09 Å². The van der Waals surface area contributed by atoms with E-state index in [4.69, 9.17) is 4.74 Å². The Kier molecular flexibility index (Phi) is 8.34. The molecule has 1 heterocycles. The summed E-state index contributed by atoms with van der Waals surface area (Å²) in [7, 11) is 2.19. The molecule has 1 N–H and O–H groups in total. The van der Waals surface area contributed by atoms with Gasteiger partial charge in [-0.3, -0.25) is 0 Å². The van der Waals surface area contributed by atoms with Gasteiger partial charge in [-0.15, -0.1) is 0 Å². The van der Waals surface area contributed by atoms with Crippen LogP contribution in [0.1, 0.15) is 53.9 Å². The number of nitrogens with zero attached hydrogens (tertiary/aromatic N) is 2. The Morgan fingerprint density at radius 1 is 1.30 bits per heavy atom. The van der Waals surface area contributed by atoms with E-state index in [9.17, 15) is 4.79 Å². The normalized spacial score (nSPS) is 18.7. The average molecular weight is 328 g/mol. The molecule has 0 aliphatic carbocycles. The Morgan fingerprint density at radius 3 is 2.43 bits per heavy atom. The van der Waals surface area contributed by atoms with E-state index >= 15 is 0 Å². The van der Waals surface area contributed by atoms with Crippen molar-refractivity contribution in [3.8, 4) is 0 Å². The van der Waals surface area contributed by atoms with Crippen molar-refractivity contribution in [1.82, 2.24) is 15.1 Å². The van der Waals surface area contributed by atoms with E-state index in [2.05, 4.69) is 31.1 Å². The predicted molar refractivity (Wildman–Crippen MR) is 95.8 cm³/mol. The lowest BCUT2D eigenvalue weighted by atomic mass is 9.90. The molecule has 1 unspecified atom stereocenters. The van der Waals surface area contributed by atoms with Crippen molar-refractivity contribution in [2.45, 2.75) is 65.5 Å². The van der Waals surface area contributed by atoms with E-state index in [0.29, 0.717) is 12.6 Å². The molecule has 0 bridgehead atoms. The molecule has 0 spiro atoms. The summed E-state index contributed by atoms with van der Waals surface area (Å²) in [5.74, 6) is 0.743. The first kappa shape index (κ1) is 20.2. The van der Waals surface area contributed by atoms with Gasteiger partial charge < -0.3 is 19.9 Å². The van der Waals surface area contributed by atoms with E-state index in [0.717, 1.165) is 25.4 Å². The zero-order chi connectivity index (χ0) is 17.5. The molecule has 0 aromatic heterocycles. The molecular weight excluding hydrogens is 290 g/mol. The van der Waals surface area contributed by atoms with Gasteiger partial charge in [0, 0.05) is 25.7 Å². The standard InChI is InChI=1S/C18H37N3O2/c1-7-11-21(17(22)23-18(3,4)5)14-10-19-15(2)16-8-12-20(6)13-9-16/h15-16,19H,7-14H2,1-6H3. The average Bonchev–Trinajstić information content (AvgIpc) is 2.45. The van der Waals surface area contributed by atoms with Crippen molar-refractivity contribution in [1.29, 1.82) is 0 Å². The number of nitrogens with one attached hydrogen (secondary N) is 1. The maximum absolute atomic E-state index is 12.2. The van der Waals surface area contributed by atoms with Crippen LogP contribution in [-0.4, -0.2) is 67.3 Å². The maximum atomic E-state index is 12.2. The molecule has 0 saturated carbocycles. The molecule has 1 aliphatic rings. The largest absolute Gasteiger partial charge is 0.444 e. The number of ether oxygens (including phenoxy) is 1. The van der Waals surface area contributed by atoms with E-state index in [1.54, 1.807) is 0 Å². The number of rotatable bonds is 7. The summed E-state index contributed by atoms with van der Waals surface area (Å²) in [5.41, 5.74) is -0.433. The minimum Gasteiger partial charge on any atom is -0.444 e. The fourth-order valence-corrected chi connectivity index (χ4v) is 3.01. The molecule has 1 saturated heterocycles. The van der Waals surface area contributed by atoms with Crippen LogP contribution in [0.3, 0.4) is 0 Å². The van der Waals surface area contributed by atoms with Gasteiger partial charge in [-0.25, -0.2) is 4.79 Å². The smallest absolute Gasteiger partial charge is 0.410 e. The molecule has 1 aliphatic heterocycles. The third kappa shape index (κ3) is 8.02. The number of amides is 1. The predicted octanol–water partition coefficient (Wildman–Crippen LogP) is 2.95. The van der Waals surface area contributed by atoms with Crippen LogP contribution in [0.2, 0.25) is 0 Å². The SMILES string of the molecule is CCCN(CCNC(C)C1CCN(C)CC1)C(=O)OC(C)(C)C. The molecule has 23 heavy (non-hydrogen) atoms. The summed E-state index contributed by atoms with van der Waals surface area (Å²) >= 11 is 0. The highest BCUT2D eigenvalue weighted by atomic mass is 16.6. The highest BCUT2D eigenvalue weighted by molar-refractivity contribution is 5.68. The van der Waals surface area contributed by atoms with Crippen molar-refractivity contribution in [2.75, 3.05) is 39.8 Å². The lowest BCUT2D eigenvalue weighted by Crippen LogP contribution is -2.45. The van der Waals surface area contributed by atoms with Gasteiger partial charge >= 0.3 is 6.09 Å². The summed E-state index contributed by atoms with van der Waals surface area (Å²) in [6, 6.07) is 0.505. The first-order valence-electron chi connectivity index (χ1n) is 9.12. The molecule has 1 amide bonds. The number of carbonyl (C=O) groups excluding carboxylic acids is 1. The Bertz CT molecular complexity index is 347. The summed E-state index contributed by atoms with van der Waals surface area (Å²) in [4.78, 5) is 16.4. The molecule has 1 rings (SSSR count). The minimum absolute atomic E-state index is 0.201. The minimum atomic E-state index is -0.433. The van der Waals surface area contributed by atoms with Gasteiger partial charge in [0.05, 0.1) is 0 Å². The van der Waals surface area contributed by atoms with Crippen molar-refractivity contribution < 1.29 is 9.53 Å². The fourth-order valence-electron chi connectivity index (χ4n) is 3.01. The van der Waals surface area contributed by atoms with Crippen molar-refractivity contribution in [2.24, 2.45) is 5.92 Å². The van der Waals surface area contributed by atoms with E-state index in [-0.39, 0.29) is 6.09 Å². The fraction of sp³-hybridized carbons (Fsp3) is 0.944. The zero-order valence-electron chi connectivity index (χ0n) is 16.0. The number of piperidine rings is 1. The molecule has 136 valence electrons.